The van der Waals surface area contributed by atoms with Crippen molar-refractivity contribution in [2.75, 3.05) is 6.54 Å². The summed E-state index contributed by atoms with van der Waals surface area (Å²) in [6.45, 7) is 0.579. The number of hydrogen-bond donors (Lipinski definition) is 3. The largest absolute Gasteiger partial charge is 0.481 e. The molecule has 22 heavy (non-hydrogen) atoms. The number of nitrogens with two attached hydrogens (primary N) is 1. The monoisotopic (exact) mass is 306 g/mol. The second-order valence-electron chi connectivity index (χ2n) is 5.11. The molecule has 6 nitrogen and oxygen atoms in total. The molecule has 0 spiro atoms. The molecule has 6 heteroatoms. The Bertz CT molecular complexity index is 511. The quantitative estimate of drug-likeness (QED) is 0.574. The zero-order chi connectivity index (χ0) is 16.4. The minimum absolute atomic E-state index is 0.179. The third-order valence-electron chi connectivity index (χ3n) is 3.28. The first-order valence-electron chi connectivity index (χ1n) is 7.40. The molecule has 0 heterocycles. The molecular weight excluding hydrogens is 284 g/mol. The van der Waals surface area contributed by atoms with Crippen molar-refractivity contribution in [2.45, 2.75) is 38.5 Å². The maximum absolute atomic E-state index is 11.8. The summed E-state index contributed by atoms with van der Waals surface area (Å²) in [6.07, 6.45) is 4.61. The van der Waals surface area contributed by atoms with Crippen molar-refractivity contribution in [1.82, 2.24) is 5.32 Å². The van der Waals surface area contributed by atoms with Crippen molar-refractivity contribution in [1.29, 1.82) is 0 Å². The van der Waals surface area contributed by atoms with Crippen molar-refractivity contribution in [3.05, 3.63) is 35.4 Å². The van der Waals surface area contributed by atoms with Crippen LogP contribution in [0.5, 0.6) is 0 Å². The first-order chi connectivity index (χ1) is 10.5. The molecule has 1 aromatic rings. The zero-order valence-corrected chi connectivity index (χ0v) is 12.5. The van der Waals surface area contributed by atoms with Crippen LogP contribution in [0.25, 0.3) is 0 Å². The highest BCUT2D eigenvalue weighted by atomic mass is 16.4. The molecule has 0 saturated heterocycles. The molecule has 4 N–H and O–H groups in total. The van der Waals surface area contributed by atoms with E-state index in [2.05, 4.69) is 5.32 Å². The summed E-state index contributed by atoms with van der Waals surface area (Å²) in [5, 5.41) is 11.3. The fourth-order valence-electron chi connectivity index (χ4n) is 2.02. The number of hydrogen-bond acceptors (Lipinski definition) is 3. The molecule has 120 valence electrons. The van der Waals surface area contributed by atoms with Crippen LogP contribution in [0.4, 0.5) is 0 Å². The molecule has 1 rings (SSSR count). The first-order valence-corrected chi connectivity index (χ1v) is 7.40. The van der Waals surface area contributed by atoms with E-state index < -0.39 is 11.9 Å². The maximum atomic E-state index is 11.8. The van der Waals surface area contributed by atoms with Gasteiger partial charge in [0.15, 0.2) is 0 Å². The number of amides is 2. The van der Waals surface area contributed by atoms with Crippen molar-refractivity contribution >= 4 is 17.8 Å². The van der Waals surface area contributed by atoms with Gasteiger partial charge in [-0.05, 0) is 37.1 Å². The van der Waals surface area contributed by atoms with E-state index in [1.807, 2.05) is 0 Å². The fraction of sp³-hybridized carbons (Fsp3) is 0.438. The number of unbranched alkanes of at least 4 members (excludes halogenated alkanes) is 4. The number of benzene rings is 1. The van der Waals surface area contributed by atoms with Crippen LogP contribution in [-0.4, -0.2) is 29.4 Å². The number of rotatable bonds is 10. The highest BCUT2D eigenvalue weighted by molar-refractivity contribution is 5.97. The van der Waals surface area contributed by atoms with E-state index in [1.165, 1.54) is 12.1 Å². The standard InChI is InChI=1S/C16H22N2O4/c17-15(21)12-7-9-13(10-8-12)16(22)18-11-5-3-1-2-4-6-14(19)20/h7-10H,1-6,11H2,(H2,17,21)(H,18,22)(H,19,20). The van der Waals surface area contributed by atoms with Gasteiger partial charge < -0.3 is 16.2 Å². The Kier molecular flexibility index (Phi) is 7.67. The third-order valence-corrected chi connectivity index (χ3v) is 3.28. The van der Waals surface area contributed by atoms with Crippen LogP contribution in [0.3, 0.4) is 0 Å². The van der Waals surface area contributed by atoms with E-state index in [0.717, 1.165) is 25.7 Å². The Balaban J connectivity index is 2.15. The molecule has 0 atom stereocenters. The normalized spacial score (nSPS) is 10.2. The average molecular weight is 306 g/mol. The van der Waals surface area contributed by atoms with Crippen LogP contribution < -0.4 is 11.1 Å². The van der Waals surface area contributed by atoms with Crippen molar-refractivity contribution in [3.63, 3.8) is 0 Å². The Labute approximate surface area is 129 Å². The van der Waals surface area contributed by atoms with Gasteiger partial charge in [0.2, 0.25) is 5.91 Å². The summed E-state index contributed by atoms with van der Waals surface area (Å²) in [6, 6.07) is 6.20. The van der Waals surface area contributed by atoms with Gasteiger partial charge in [0.05, 0.1) is 0 Å². The van der Waals surface area contributed by atoms with Crippen molar-refractivity contribution < 1.29 is 19.5 Å². The summed E-state index contributed by atoms with van der Waals surface area (Å²) in [5.41, 5.74) is 6.00. The average Bonchev–Trinajstić information content (AvgIpc) is 2.49. The predicted octanol–water partition coefficient (Wildman–Crippen LogP) is 1.94. The topological polar surface area (TPSA) is 109 Å². The Morgan fingerprint density at radius 1 is 0.909 bits per heavy atom. The maximum Gasteiger partial charge on any atom is 0.303 e. The molecule has 0 aliphatic carbocycles. The predicted molar refractivity (Wildman–Crippen MR) is 82.6 cm³/mol. The van der Waals surface area contributed by atoms with Crippen LogP contribution >= 0.6 is 0 Å². The van der Waals surface area contributed by atoms with Gasteiger partial charge in [0, 0.05) is 24.1 Å². The summed E-state index contributed by atoms with van der Waals surface area (Å²) in [4.78, 5) is 33.1. The van der Waals surface area contributed by atoms with Gasteiger partial charge in [-0.2, -0.15) is 0 Å². The summed E-state index contributed by atoms with van der Waals surface area (Å²) >= 11 is 0. The van der Waals surface area contributed by atoms with E-state index >= 15 is 0 Å². The molecule has 0 bridgehead atoms. The van der Waals surface area contributed by atoms with Crippen LogP contribution in [0.15, 0.2) is 24.3 Å². The fourth-order valence-corrected chi connectivity index (χ4v) is 2.02. The smallest absolute Gasteiger partial charge is 0.303 e. The third kappa shape index (κ3) is 6.88. The van der Waals surface area contributed by atoms with Crippen molar-refractivity contribution in [3.8, 4) is 0 Å². The molecule has 0 saturated carbocycles. The Hall–Kier alpha value is -2.37. The van der Waals surface area contributed by atoms with Gasteiger partial charge in [0.25, 0.3) is 5.91 Å². The molecule has 0 unspecified atom stereocenters. The molecule has 0 aliphatic rings. The van der Waals surface area contributed by atoms with E-state index in [9.17, 15) is 14.4 Å². The van der Waals surface area contributed by atoms with Crippen LogP contribution in [-0.2, 0) is 4.79 Å². The van der Waals surface area contributed by atoms with Crippen LogP contribution in [0.1, 0.15) is 59.2 Å². The summed E-state index contributed by atoms with van der Waals surface area (Å²) < 4.78 is 0. The summed E-state index contributed by atoms with van der Waals surface area (Å²) in [5.74, 6) is -1.45. The van der Waals surface area contributed by atoms with Gasteiger partial charge in [-0.1, -0.05) is 19.3 Å². The number of carboxylic acid groups (broad SMARTS) is 1. The molecule has 0 aliphatic heterocycles. The lowest BCUT2D eigenvalue weighted by atomic mass is 10.1. The molecule has 0 aromatic heterocycles. The number of primary amides is 1. The van der Waals surface area contributed by atoms with E-state index in [0.29, 0.717) is 24.1 Å². The molecular formula is C16H22N2O4. The van der Waals surface area contributed by atoms with E-state index in [4.69, 9.17) is 10.8 Å². The second kappa shape index (κ2) is 9.55. The van der Waals surface area contributed by atoms with E-state index in [1.54, 1.807) is 12.1 Å². The Morgan fingerprint density at radius 3 is 2.05 bits per heavy atom. The highest BCUT2D eigenvalue weighted by Crippen LogP contribution is 2.06. The van der Waals surface area contributed by atoms with Gasteiger partial charge in [-0.3, -0.25) is 14.4 Å². The zero-order valence-electron chi connectivity index (χ0n) is 12.5. The first kappa shape index (κ1) is 17.7. The molecule has 1 aromatic carbocycles. The SMILES string of the molecule is NC(=O)c1ccc(C(=O)NCCCCCCCC(=O)O)cc1. The Morgan fingerprint density at radius 2 is 1.45 bits per heavy atom. The van der Waals surface area contributed by atoms with Gasteiger partial charge in [-0.25, -0.2) is 0 Å². The van der Waals surface area contributed by atoms with Crippen LogP contribution in [0.2, 0.25) is 0 Å². The van der Waals surface area contributed by atoms with Crippen molar-refractivity contribution in [2.24, 2.45) is 5.73 Å². The highest BCUT2D eigenvalue weighted by Gasteiger charge is 2.06. The molecule has 2 amide bonds. The minimum atomic E-state index is -0.755. The van der Waals surface area contributed by atoms with E-state index in [-0.39, 0.29) is 12.3 Å². The van der Waals surface area contributed by atoms with Gasteiger partial charge >= 0.3 is 5.97 Å². The number of carbonyl (C=O) groups is 3. The number of aliphatic carboxylic acids is 1. The lowest BCUT2D eigenvalue weighted by Gasteiger charge is -2.05. The van der Waals surface area contributed by atoms with Gasteiger partial charge in [-0.15, -0.1) is 0 Å². The second-order valence-corrected chi connectivity index (χ2v) is 5.11. The number of carboxylic acids is 1. The lowest BCUT2D eigenvalue weighted by molar-refractivity contribution is -0.137. The summed E-state index contributed by atoms with van der Waals surface area (Å²) in [7, 11) is 0. The molecule has 0 radical (unpaired) electrons. The number of nitrogens with one attached hydrogen (secondary N) is 1. The van der Waals surface area contributed by atoms with Gasteiger partial charge in [0.1, 0.15) is 0 Å². The minimum Gasteiger partial charge on any atom is -0.481 e. The number of carbonyl (C=O) groups excluding carboxylic acids is 2. The molecule has 0 fully saturated rings. The lowest BCUT2D eigenvalue weighted by Crippen LogP contribution is -2.24. The van der Waals surface area contributed by atoms with Crippen LogP contribution in [0, 0.1) is 0 Å².